The van der Waals surface area contributed by atoms with E-state index in [4.69, 9.17) is 5.11 Å². The summed E-state index contributed by atoms with van der Waals surface area (Å²) in [7, 11) is -3.47. The monoisotopic (exact) mass is 248 g/mol. The van der Waals surface area contributed by atoms with Gasteiger partial charge in [0.1, 0.15) is 0 Å². The predicted octanol–water partition coefficient (Wildman–Crippen LogP) is 0.170. The number of sulfone groups is 1. The molecule has 0 aliphatic rings. The van der Waals surface area contributed by atoms with Crippen LogP contribution in [-0.2, 0) is 21.1 Å². The third-order valence-corrected chi connectivity index (χ3v) is 2.66. The van der Waals surface area contributed by atoms with E-state index >= 15 is 0 Å². The second-order valence-corrected chi connectivity index (χ2v) is 5.24. The van der Waals surface area contributed by atoms with Gasteiger partial charge >= 0.3 is 5.97 Å². The molecule has 0 fully saturated rings. The minimum atomic E-state index is -3.47. The molecule has 0 atom stereocenters. The van der Waals surface area contributed by atoms with Crippen molar-refractivity contribution in [3.05, 3.63) is 16.5 Å². The number of H-pyrrole nitrogens is 1. The van der Waals surface area contributed by atoms with Gasteiger partial charge in [-0.15, -0.1) is 0 Å². The maximum Gasteiger partial charge on any atom is 0.309 e. The standard InChI is InChI=1S/C7H8N2O4S2/c1-15(12,13)5-2-4(3-6(10)11)8-7(14)9-5/h2H,3H2,1H3,(H,10,11)(H,8,9,14). The Bertz CT molecular complexity index is 546. The molecule has 8 heteroatoms. The lowest BCUT2D eigenvalue weighted by atomic mass is 10.3. The third kappa shape index (κ3) is 3.40. The summed E-state index contributed by atoms with van der Waals surface area (Å²) in [6.07, 6.45) is 0.656. The molecule has 6 nitrogen and oxygen atoms in total. The number of carboxylic acid groups (broad SMARTS) is 1. The molecule has 1 aromatic heterocycles. The topological polar surface area (TPSA) is 100 Å². The van der Waals surface area contributed by atoms with Crippen molar-refractivity contribution in [2.24, 2.45) is 0 Å². The SMILES string of the molecule is CS(=O)(=O)c1cc(CC(=O)O)[nH]c(=S)n1. The van der Waals surface area contributed by atoms with Gasteiger partial charge in [0.2, 0.25) is 0 Å². The van der Waals surface area contributed by atoms with Crippen molar-refractivity contribution in [1.29, 1.82) is 0 Å². The molecule has 0 aromatic carbocycles. The van der Waals surface area contributed by atoms with E-state index in [2.05, 4.69) is 22.2 Å². The van der Waals surface area contributed by atoms with Gasteiger partial charge in [-0.3, -0.25) is 4.79 Å². The number of nitrogens with one attached hydrogen (secondary N) is 1. The predicted molar refractivity (Wildman–Crippen MR) is 53.9 cm³/mol. The highest BCUT2D eigenvalue weighted by Crippen LogP contribution is 2.06. The van der Waals surface area contributed by atoms with Crippen LogP contribution in [0.1, 0.15) is 5.69 Å². The Hall–Kier alpha value is -1.28. The molecular formula is C7H8N2O4S2. The molecule has 0 saturated heterocycles. The Balaban J connectivity index is 3.29. The number of carbonyl (C=O) groups is 1. The average Bonchev–Trinajstić information content (AvgIpc) is 1.99. The average molecular weight is 248 g/mol. The van der Waals surface area contributed by atoms with E-state index in [-0.39, 0.29) is 21.9 Å². The van der Waals surface area contributed by atoms with Crippen molar-refractivity contribution in [3.8, 4) is 0 Å². The fourth-order valence-electron chi connectivity index (χ4n) is 0.931. The van der Waals surface area contributed by atoms with Gasteiger partial charge in [0.25, 0.3) is 0 Å². The van der Waals surface area contributed by atoms with Crippen molar-refractivity contribution in [2.45, 2.75) is 11.4 Å². The van der Waals surface area contributed by atoms with Gasteiger partial charge in [-0.1, -0.05) is 0 Å². The Morgan fingerprint density at radius 3 is 2.73 bits per heavy atom. The molecule has 0 spiro atoms. The maximum absolute atomic E-state index is 11.2. The summed E-state index contributed by atoms with van der Waals surface area (Å²) in [6.45, 7) is 0. The van der Waals surface area contributed by atoms with Crippen molar-refractivity contribution in [1.82, 2.24) is 9.97 Å². The van der Waals surface area contributed by atoms with Crippen LogP contribution in [0.15, 0.2) is 11.1 Å². The molecule has 1 rings (SSSR count). The first kappa shape index (κ1) is 11.8. The van der Waals surface area contributed by atoms with Crippen molar-refractivity contribution in [3.63, 3.8) is 0 Å². The van der Waals surface area contributed by atoms with Crippen LogP contribution in [-0.4, -0.2) is 35.7 Å². The number of carboxylic acids is 1. The fourth-order valence-corrected chi connectivity index (χ4v) is 1.83. The molecule has 15 heavy (non-hydrogen) atoms. The summed E-state index contributed by atoms with van der Waals surface area (Å²) in [5.74, 6) is -1.08. The minimum absolute atomic E-state index is 0.0471. The second kappa shape index (κ2) is 4.07. The molecule has 1 aromatic rings. The first-order valence-corrected chi connectivity index (χ1v) is 6.11. The van der Waals surface area contributed by atoms with Gasteiger partial charge in [-0.25, -0.2) is 13.4 Å². The van der Waals surface area contributed by atoms with Gasteiger partial charge in [0.05, 0.1) is 6.42 Å². The molecule has 0 aliphatic heterocycles. The summed E-state index contributed by atoms with van der Waals surface area (Å²) in [5.41, 5.74) is 0.211. The molecule has 2 N–H and O–H groups in total. The third-order valence-electron chi connectivity index (χ3n) is 1.50. The van der Waals surface area contributed by atoms with E-state index in [9.17, 15) is 13.2 Å². The van der Waals surface area contributed by atoms with E-state index in [1.807, 2.05) is 0 Å². The quantitative estimate of drug-likeness (QED) is 0.584. The highest BCUT2D eigenvalue weighted by atomic mass is 32.2. The van der Waals surface area contributed by atoms with Crippen molar-refractivity contribution in [2.75, 3.05) is 6.26 Å². The van der Waals surface area contributed by atoms with E-state index in [0.29, 0.717) is 0 Å². The minimum Gasteiger partial charge on any atom is -0.481 e. The summed E-state index contributed by atoms with van der Waals surface area (Å²) in [4.78, 5) is 16.5. The largest absolute Gasteiger partial charge is 0.481 e. The number of hydrogen-bond acceptors (Lipinski definition) is 5. The second-order valence-electron chi connectivity index (χ2n) is 2.89. The van der Waals surface area contributed by atoms with Crippen LogP contribution in [0, 0.1) is 4.77 Å². The Kier molecular flexibility index (Phi) is 3.20. The molecule has 1 heterocycles. The number of hydrogen-bond donors (Lipinski definition) is 2. The van der Waals surface area contributed by atoms with Crippen LogP contribution in [0.3, 0.4) is 0 Å². The van der Waals surface area contributed by atoms with Gasteiger partial charge in [-0.05, 0) is 18.3 Å². The zero-order valence-electron chi connectivity index (χ0n) is 7.72. The van der Waals surface area contributed by atoms with Gasteiger partial charge < -0.3 is 10.1 Å². The summed E-state index contributed by atoms with van der Waals surface area (Å²) < 4.78 is 22.3. The van der Waals surface area contributed by atoms with Crippen molar-refractivity contribution < 1.29 is 18.3 Å². The number of aliphatic carboxylic acids is 1. The first-order valence-electron chi connectivity index (χ1n) is 3.81. The highest BCUT2D eigenvalue weighted by molar-refractivity contribution is 7.90. The normalized spacial score (nSPS) is 11.3. The van der Waals surface area contributed by atoms with Crippen LogP contribution in [0.4, 0.5) is 0 Å². The van der Waals surface area contributed by atoms with Crippen LogP contribution < -0.4 is 0 Å². The lowest BCUT2D eigenvalue weighted by Gasteiger charge is -2.01. The van der Waals surface area contributed by atoms with Gasteiger partial charge in [-0.2, -0.15) is 0 Å². The fraction of sp³-hybridized carbons (Fsp3) is 0.286. The van der Waals surface area contributed by atoms with E-state index in [1.165, 1.54) is 6.07 Å². The molecule has 0 amide bonds. The Morgan fingerprint density at radius 1 is 1.67 bits per heavy atom. The van der Waals surface area contributed by atoms with Crippen LogP contribution >= 0.6 is 12.2 Å². The van der Waals surface area contributed by atoms with E-state index in [0.717, 1.165) is 6.26 Å². The Labute approximate surface area is 90.9 Å². The smallest absolute Gasteiger partial charge is 0.309 e. The van der Waals surface area contributed by atoms with Gasteiger partial charge in [0, 0.05) is 11.9 Å². The van der Waals surface area contributed by atoms with Crippen LogP contribution in [0.25, 0.3) is 0 Å². The molecule has 0 aliphatic carbocycles. The molecule has 0 unspecified atom stereocenters. The summed E-state index contributed by atoms with van der Waals surface area (Å²) in [5, 5.41) is 8.31. The lowest BCUT2D eigenvalue weighted by molar-refractivity contribution is -0.136. The first-order chi connectivity index (χ1) is 6.79. The molecule has 82 valence electrons. The highest BCUT2D eigenvalue weighted by Gasteiger charge is 2.11. The zero-order valence-corrected chi connectivity index (χ0v) is 9.35. The summed E-state index contributed by atoms with van der Waals surface area (Å²) >= 11 is 4.68. The van der Waals surface area contributed by atoms with Crippen molar-refractivity contribution >= 4 is 28.0 Å². The van der Waals surface area contributed by atoms with Gasteiger partial charge in [0.15, 0.2) is 19.6 Å². The number of nitrogens with zero attached hydrogens (tertiary/aromatic N) is 1. The summed E-state index contributed by atoms with van der Waals surface area (Å²) in [6, 6.07) is 1.17. The number of aromatic nitrogens is 2. The number of aromatic amines is 1. The molecular weight excluding hydrogens is 240 g/mol. The number of rotatable bonds is 3. The molecule has 0 saturated carbocycles. The van der Waals surface area contributed by atoms with Crippen LogP contribution in [0.2, 0.25) is 0 Å². The maximum atomic E-state index is 11.2. The Morgan fingerprint density at radius 2 is 2.27 bits per heavy atom. The zero-order chi connectivity index (χ0) is 11.6. The molecule has 0 radical (unpaired) electrons. The van der Waals surface area contributed by atoms with Crippen LogP contribution in [0.5, 0.6) is 0 Å². The molecule has 0 bridgehead atoms. The lowest BCUT2D eigenvalue weighted by Crippen LogP contribution is -2.07. The van der Waals surface area contributed by atoms with E-state index in [1.54, 1.807) is 0 Å². The van der Waals surface area contributed by atoms with E-state index < -0.39 is 15.8 Å².